The first-order valence-electron chi connectivity index (χ1n) is 10.6. The fourth-order valence-corrected chi connectivity index (χ4v) is 6.29. The maximum atomic E-state index is 12.5. The van der Waals surface area contributed by atoms with E-state index in [1.807, 2.05) is 22.8 Å². The molecular weight excluding hydrogens is 334 g/mol. The Morgan fingerprint density at radius 1 is 1.04 bits per heavy atom. The van der Waals surface area contributed by atoms with Gasteiger partial charge in [-0.2, -0.15) is 0 Å². The van der Waals surface area contributed by atoms with Crippen LogP contribution in [0.2, 0.25) is 0 Å². The van der Waals surface area contributed by atoms with Crippen LogP contribution in [-0.4, -0.2) is 34.1 Å². The third-order valence-electron chi connectivity index (χ3n) is 7.47. The predicted molar refractivity (Wildman–Crippen MR) is 111 cm³/mol. The Labute approximate surface area is 163 Å². The SMILES string of the molecule is O=c1[nH]c2ccccc2n1C1CCN(CC23CCCC(CCC2)C3)CC1.[CH2]. The number of aromatic amines is 1. The Morgan fingerprint density at radius 3 is 2.48 bits per heavy atom. The summed E-state index contributed by atoms with van der Waals surface area (Å²) in [6.45, 7) is 3.59. The number of piperidine rings is 1. The second-order valence-corrected chi connectivity index (χ2v) is 9.18. The summed E-state index contributed by atoms with van der Waals surface area (Å²) in [5.74, 6) is 1.01. The summed E-state index contributed by atoms with van der Waals surface area (Å²) < 4.78 is 2.02. The van der Waals surface area contributed by atoms with Crippen LogP contribution < -0.4 is 5.69 Å². The number of hydrogen-bond donors (Lipinski definition) is 1. The topological polar surface area (TPSA) is 41.0 Å². The number of rotatable bonds is 3. The van der Waals surface area contributed by atoms with Gasteiger partial charge in [-0.1, -0.05) is 45.2 Å². The lowest BCUT2D eigenvalue weighted by Gasteiger charge is -2.48. The number of aromatic nitrogens is 2. The van der Waals surface area contributed by atoms with Gasteiger partial charge in [0.15, 0.2) is 0 Å². The van der Waals surface area contributed by atoms with Gasteiger partial charge in [-0.15, -0.1) is 0 Å². The van der Waals surface area contributed by atoms with Crippen molar-refractivity contribution in [3.8, 4) is 0 Å². The third-order valence-corrected chi connectivity index (χ3v) is 7.47. The highest BCUT2D eigenvalue weighted by Gasteiger charge is 2.40. The summed E-state index contributed by atoms with van der Waals surface area (Å²) in [6, 6.07) is 8.44. The number of H-pyrrole nitrogens is 1. The molecule has 1 saturated heterocycles. The van der Waals surface area contributed by atoms with Crippen LogP contribution in [0.5, 0.6) is 0 Å². The molecule has 4 nitrogen and oxygen atoms in total. The van der Waals surface area contributed by atoms with Gasteiger partial charge in [-0.3, -0.25) is 4.57 Å². The summed E-state index contributed by atoms with van der Waals surface area (Å²) in [5, 5.41) is 0. The van der Waals surface area contributed by atoms with Crippen LogP contribution in [0.15, 0.2) is 29.1 Å². The van der Waals surface area contributed by atoms with Crippen molar-refractivity contribution in [3.05, 3.63) is 42.2 Å². The lowest BCUT2D eigenvalue weighted by Crippen LogP contribution is -2.46. The largest absolute Gasteiger partial charge is 0.326 e. The van der Waals surface area contributed by atoms with Crippen molar-refractivity contribution < 1.29 is 0 Å². The number of fused-ring (bicyclic) bond motifs is 3. The monoisotopic (exact) mass is 367 g/mol. The zero-order valence-corrected chi connectivity index (χ0v) is 16.5. The van der Waals surface area contributed by atoms with E-state index in [2.05, 4.69) is 16.0 Å². The van der Waals surface area contributed by atoms with Crippen molar-refractivity contribution in [2.75, 3.05) is 19.6 Å². The van der Waals surface area contributed by atoms with E-state index in [4.69, 9.17) is 0 Å². The van der Waals surface area contributed by atoms with Crippen LogP contribution in [0.25, 0.3) is 11.0 Å². The lowest BCUT2D eigenvalue weighted by molar-refractivity contribution is 0.0250. The standard InChI is InChI=1S/C22H31N3O.CH2/c26-21-23-19-7-1-2-8-20(19)25(21)18-9-13-24(14-10-18)16-22-11-3-5-17(15-22)6-4-12-22;/h1-2,7-8,17-18H,3-6,9-16H2,(H,23,26);1H2. The molecule has 27 heavy (non-hydrogen) atoms. The molecule has 146 valence electrons. The van der Waals surface area contributed by atoms with Crippen LogP contribution in [0.4, 0.5) is 0 Å². The number of benzene rings is 1. The Bertz CT molecular complexity index is 818. The fraction of sp³-hybridized carbons (Fsp3) is 0.652. The number of likely N-dealkylation sites (tertiary alicyclic amines) is 1. The highest BCUT2D eigenvalue weighted by Crippen LogP contribution is 2.49. The van der Waals surface area contributed by atoms with E-state index in [-0.39, 0.29) is 13.1 Å². The van der Waals surface area contributed by atoms with Crippen molar-refractivity contribution in [3.63, 3.8) is 0 Å². The summed E-state index contributed by atoms with van der Waals surface area (Å²) in [4.78, 5) is 18.2. The van der Waals surface area contributed by atoms with Crippen molar-refractivity contribution in [1.29, 1.82) is 0 Å². The minimum Gasteiger partial charge on any atom is -0.306 e. The van der Waals surface area contributed by atoms with Gasteiger partial charge in [0.05, 0.1) is 11.0 Å². The smallest absolute Gasteiger partial charge is 0.306 e. The van der Waals surface area contributed by atoms with Gasteiger partial charge >= 0.3 is 5.69 Å². The van der Waals surface area contributed by atoms with E-state index in [0.717, 1.165) is 42.9 Å². The van der Waals surface area contributed by atoms with Crippen molar-refractivity contribution in [2.45, 2.75) is 63.8 Å². The lowest BCUT2D eigenvalue weighted by atomic mass is 9.62. The van der Waals surface area contributed by atoms with Crippen LogP contribution in [0, 0.1) is 18.8 Å². The molecule has 2 aromatic rings. The molecule has 4 heteroatoms. The summed E-state index contributed by atoms with van der Waals surface area (Å²) in [7, 11) is 0. The molecule has 0 spiro atoms. The zero-order valence-electron chi connectivity index (χ0n) is 16.5. The van der Waals surface area contributed by atoms with Crippen LogP contribution in [-0.2, 0) is 0 Å². The third kappa shape index (κ3) is 3.49. The number of nitrogens with one attached hydrogen (secondary N) is 1. The first-order chi connectivity index (χ1) is 12.7. The molecule has 2 saturated carbocycles. The predicted octanol–water partition coefficient (Wildman–Crippen LogP) is 4.65. The van der Waals surface area contributed by atoms with Gasteiger partial charge in [0.25, 0.3) is 0 Å². The first kappa shape index (κ1) is 18.8. The number of imidazole rings is 1. The quantitative estimate of drug-likeness (QED) is 0.857. The van der Waals surface area contributed by atoms with E-state index in [9.17, 15) is 4.79 Å². The van der Waals surface area contributed by atoms with Crippen molar-refractivity contribution >= 4 is 11.0 Å². The molecule has 0 atom stereocenters. The number of hydrogen-bond acceptors (Lipinski definition) is 2. The van der Waals surface area contributed by atoms with E-state index < -0.39 is 0 Å². The average Bonchev–Trinajstić information content (AvgIpc) is 2.98. The molecule has 5 rings (SSSR count). The summed E-state index contributed by atoms with van der Waals surface area (Å²) >= 11 is 0. The Kier molecular flexibility index (Phi) is 5.19. The van der Waals surface area contributed by atoms with E-state index in [1.165, 1.54) is 51.5 Å². The molecule has 1 aliphatic heterocycles. The molecule has 0 unspecified atom stereocenters. The number of nitrogens with zero attached hydrogens (tertiary/aromatic N) is 2. The van der Waals surface area contributed by atoms with Crippen LogP contribution >= 0.6 is 0 Å². The van der Waals surface area contributed by atoms with Gasteiger partial charge in [-0.25, -0.2) is 4.79 Å². The minimum absolute atomic E-state index is 0. The second kappa shape index (κ2) is 7.46. The molecule has 1 N–H and O–H groups in total. The molecular formula is C23H33N3O. The summed E-state index contributed by atoms with van der Waals surface area (Å²) in [6.07, 6.45) is 12.4. The van der Waals surface area contributed by atoms with Gasteiger partial charge in [0, 0.05) is 25.7 Å². The molecule has 3 fully saturated rings. The minimum atomic E-state index is 0. The number of para-hydroxylation sites is 2. The molecule has 2 radical (unpaired) electrons. The molecule has 3 aliphatic rings. The Morgan fingerprint density at radius 2 is 1.74 bits per heavy atom. The fourth-order valence-electron chi connectivity index (χ4n) is 6.29. The molecule has 1 aromatic heterocycles. The van der Waals surface area contributed by atoms with Crippen LogP contribution in [0.3, 0.4) is 0 Å². The van der Waals surface area contributed by atoms with Crippen molar-refractivity contribution in [1.82, 2.24) is 14.5 Å². The van der Waals surface area contributed by atoms with E-state index in [1.54, 1.807) is 0 Å². The Balaban J connectivity index is 0.00000180. The van der Waals surface area contributed by atoms with Gasteiger partial charge in [-0.05, 0) is 55.6 Å². The van der Waals surface area contributed by atoms with Gasteiger partial charge in [0.2, 0.25) is 0 Å². The van der Waals surface area contributed by atoms with E-state index >= 15 is 0 Å². The summed E-state index contributed by atoms with van der Waals surface area (Å²) in [5.41, 5.74) is 2.71. The van der Waals surface area contributed by atoms with Gasteiger partial charge in [0.1, 0.15) is 0 Å². The van der Waals surface area contributed by atoms with Gasteiger partial charge < -0.3 is 9.88 Å². The first-order valence-corrected chi connectivity index (χ1v) is 10.6. The Hall–Kier alpha value is -1.55. The highest BCUT2D eigenvalue weighted by molar-refractivity contribution is 5.75. The maximum absolute atomic E-state index is 12.5. The molecule has 1 aromatic carbocycles. The van der Waals surface area contributed by atoms with Crippen molar-refractivity contribution in [2.24, 2.45) is 11.3 Å². The molecule has 2 bridgehead atoms. The normalized spacial score (nSPS) is 29.6. The second-order valence-electron chi connectivity index (χ2n) is 9.18. The average molecular weight is 368 g/mol. The molecule has 2 aliphatic carbocycles. The molecule has 0 amide bonds. The zero-order chi connectivity index (χ0) is 17.6. The van der Waals surface area contributed by atoms with E-state index in [0.29, 0.717) is 11.5 Å². The molecule has 2 heterocycles. The highest BCUT2D eigenvalue weighted by atomic mass is 16.1. The van der Waals surface area contributed by atoms with Crippen LogP contribution in [0.1, 0.15) is 63.8 Å². The maximum Gasteiger partial charge on any atom is 0.326 e.